The molecule has 2 aromatic carbocycles. The van der Waals surface area contributed by atoms with Crippen molar-refractivity contribution in [2.24, 2.45) is 0 Å². The molecule has 0 bridgehead atoms. The Balaban J connectivity index is 1.61. The van der Waals surface area contributed by atoms with Gasteiger partial charge in [0.1, 0.15) is 5.75 Å². The number of aromatic amines is 1. The number of hydrogen-bond donors (Lipinski definition) is 2. The smallest absolute Gasteiger partial charge is 0.256 e. The second-order valence-corrected chi connectivity index (χ2v) is 8.87. The molecule has 0 aliphatic carbocycles. The number of aliphatic hydroxyl groups excluding tert-OH is 1. The van der Waals surface area contributed by atoms with Gasteiger partial charge in [-0.1, -0.05) is 44.2 Å². The second kappa shape index (κ2) is 12.0. The lowest BCUT2D eigenvalue weighted by atomic mass is 9.99. The Morgan fingerprint density at radius 1 is 1.00 bits per heavy atom. The Morgan fingerprint density at radius 2 is 1.78 bits per heavy atom. The molecule has 8 heteroatoms. The van der Waals surface area contributed by atoms with Crippen LogP contribution in [-0.2, 0) is 4.79 Å². The third-order valence-corrected chi connectivity index (χ3v) is 6.83. The maximum Gasteiger partial charge on any atom is 0.256 e. The standard InChI is InChI=1S/C29H35N5O3/c1-5-33(6-2)15-16-34(7-3)29(36)27(35)21-12-10-11-20(17-21)22-18-24-26(31-32-28(24)30-19-22)23-13-8-9-14-25(23)37-4/h8-14,17-19,27,35H,5-7,15-16H2,1-4H3,(H,30,31,32). The molecular weight excluding hydrogens is 466 g/mol. The van der Waals surface area contributed by atoms with Crippen LogP contribution in [0.15, 0.2) is 60.8 Å². The third kappa shape index (κ3) is 5.65. The first-order valence-electron chi connectivity index (χ1n) is 12.8. The number of nitrogens with zero attached hydrogens (tertiary/aromatic N) is 4. The van der Waals surface area contributed by atoms with Gasteiger partial charge in [-0.05, 0) is 55.4 Å². The van der Waals surface area contributed by atoms with E-state index in [0.717, 1.165) is 53.2 Å². The molecule has 0 saturated heterocycles. The van der Waals surface area contributed by atoms with E-state index >= 15 is 0 Å². The van der Waals surface area contributed by atoms with Crippen LogP contribution in [0.3, 0.4) is 0 Å². The predicted molar refractivity (Wildman–Crippen MR) is 146 cm³/mol. The molecule has 2 aromatic heterocycles. The predicted octanol–water partition coefficient (Wildman–Crippen LogP) is 4.52. The second-order valence-electron chi connectivity index (χ2n) is 8.87. The third-order valence-electron chi connectivity index (χ3n) is 6.83. The van der Waals surface area contributed by atoms with Gasteiger partial charge in [0.15, 0.2) is 11.8 Å². The summed E-state index contributed by atoms with van der Waals surface area (Å²) in [4.78, 5) is 21.7. The van der Waals surface area contributed by atoms with Gasteiger partial charge in [-0.15, -0.1) is 0 Å². The van der Waals surface area contributed by atoms with E-state index in [4.69, 9.17) is 4.74 Å². The molecule has 37 heavy (non-hydrogen) atoms. The lowest BCUT2D eigenvalue weighted by molar-refractivity contribution is -0.140. The van der Waals surface area contributed by atoms with Crippen LogP contribution in [0.1, 0.15) is 32.4 Å². The zero-order valence-electron chi connectivity index (χ0n) is 21.9. The fourth-order valence-corrected chi connectivity index (χ4v) is 4.54. The summed E-state index contributed by atoms with van der Waals surface area (Å²) in [6, 6.07) is 17.2. The molecule has 0 spiro atoms. The van der Waals surface area contributed by atoms with Crippen molar-refractivity contribution >= 4 is 16.9 Å². The highest BCUT2D eigenvalue weighted by Gasteiger charge is 2.23. The molecule has 0 aliphatic rings. The molecule has 1 atom stereocenters. The number of amides is 1. The van der Waals surface area contributed by atoms with E-state index in [1.54, 1.807) is 24.3 Å². The monoisotopic (exact) mass is 501 g/mol. The Labute approximate surface area is 217 Å². The van der Waals surface area contributed by atoms with E-state index < -0.39 is 6.10 Å². The highest BCUT2D eigenvalue weighted by molar-refractivity contribution is 5.94. The molecule has 2 heterocycles. The molecule has 4 rings (SSSR count). The summed E-state index contributed by atoms with van der Waals surface area (Å²) in [5.41, 5.74) is 4.59. The van der Waals surface area contributed by atoms with Crippen molar-refractivity contribution in [3.63, 3.8) is 0 Å². The fourth-order valence-electron chi connectivity index (χ4n) is 4.54. The van der Waals surface area contributed by atoms with E-state index in [-0.39, 0.29) is 5.91 Å². The molecule has 0 saturated carbocycles. The zero-order valence-corrected chi connectivity index (χ0v) is 21.9. The van der Waals surface area contributed by atoms with Crippen LogP contribution in [0, 0.1) is 0 Å². The van der Waals surface area contributed by atoms with E-state index in [0.29, 0.717) is 24.3 Å². The van der Waals surface area contributed by atoms with E-state index in [2.05, 4.69) is 33.9 Å². The minimum Gasteiger partial charge on any atom is -0.496 e. The number of H-pyrrole nitrogens is 1. The SMILES string of the molecule is CCN(CC)CCN(CC)C(=O)C(O)c1cccc(-c2cnc3n[nH]c(-c4ccccc4OC)c3c2)c1. The van der Waals surface area contributed by atoms with Crippen LogP contribution in [-0.4, -0.2) is 75.8 Å². The number of aromatic nitrogens is 3. The zero-order chi connectivity index (χ0) is 26.4. The van der Waals surface area contributed by atoms with Crippen molar-refractivity contribution in [1.82, 2.24) is 25.0 Å². The number of fused-ring (bicyclic) bond motifs is 1. The number of ether oxygens (including phenoxy) is 1. The molecule has 194 valence electrons. The minimum atomic E-state index is -1.23. The van der Waals surface area contributed by atoms with Crippen molar-refractivity contribution < 1.29 is 14.6 Å². The molecule has 1 unspecified atom stereocenters. The first kappa shape index (κ1) is 26.3. The number of para-hydroxylation sites is 1. The van der Waals surface area contributed by atoms with Crippen molar-refractivity contribution in [2.45, 2.75) is 26.9 Å². The average Bonchev–Trinajstić information content (AvgIpc) is 3.38. The quantitative estimate of drug-likeness (QED) is 0.314. The molecule has 4 aromatic rings. The van der Waals surface area contributed by atoms with Gasteiger partial charge < -0.3 is 19.6 Å². The fraction of sp³-hybridized carbons (Fsp3) is 0.345. The Kier molecular flexibility index (Phi) is 8.53. The molecule has 0 radical (unpaired) electrons. The number of benzene rings is 2. The van der Waals surface area contributed by atoms with Gasteiger partial charge in [0.25, 0.3) is 5.91 Å². The van der Waals surface area contributed by atoms with Crippen molar-refractivity contribution in [2.75, 3.05) is 39.8 Å². The summed E-state index contributed by atoms with van der Waals surface area (Å²) in [6.07, 6.45) is 0.525. The number of hydrogen-bond acceptors (Lipinski definition) is 6. The lowest BCUT2D eigenvalue weighted by Gasteiger charge is -2.27. The Hall–Kier alpha value is -3.75. The Morgan fingerprint density at radius 3 is 2.51 bits per heavy atom. The largest absolute Gasteiger partial charge is 0.496 e. The van der Waals surface area contributed by atoms with E-state index in [9.17, 15) is 9.90 Å². The maximum absolute atomic E-state index is 13.1. The van der Waals surface area contributed by atoms with Crippen molar-refractivity contribution in [3.8, 4) is 28.1 Å². The van der Waals surface area contributed by atoms with Gasteiger partial charge in [-0.25, -0.2) is 4.98 Å². The first-order valence-corrected chi connectivity index (χ1v) is 12.8. The number of aliphatic hydroxyl groups is 1. The van der Waals surface area contributed by atoms with Crippen LogP contribution in [0.2, 0.25) is 0 Å². The van der Waals surface area contributed by atoms with Crippen LogP contribution >= 0.6 is 0 Å². The molecule has 0 fully saturated rings. The van der Waals surface area contributed by atoms with Crippen LogP contribution < -0.4 is 4.74 Å². The number of pyridine rings is 1. The van der Waals surface area contributed by atoms with Crippen LogP contribution in [0.25, 0.3) is 33.4 Å². The average molecular weight is 502 g/mol. The van der Waals surface area contributed by atoms with Gasteiger partial charge >= 0.3 is 0 Å². The summed E-state index contributed by atoms with van der Waals surface area (Å²) >= 11 is 0. The van der Waals surface area contributed by atoms with E-state index in [1.165, 1.54) is 0 Å². The molecule has 1 amide bonds. The number of carbonyl (C=O) groups is 1. The highest BCUT2D eigenvalue weighted by atomic mass is 16.5. The first-order chi connectivity index (χ1) is 18.0. The highest BCUT2D eigenvalue weighted by Crippen LogP contribution is 2.34. The van der Waals surface area contributed by atoms with E-state index in [1.807, 2.05) is 55.5 Å². The summed E-state index contributed by atoms with van der Waals surface area (Å²) in [5.74, 6) is 0.456. The molecule has 8 nitrogen and oxygen atoms in total. The molecule has 2 N–H and O–H groups in total. The number of rotatable bonds is 11. The van der Waals surface area contributed by atoms with Crippen LogP contribution in [0.4, 0.5) is 0 Å². The minimum absolute atomic E-state index is 0.284. The summed E-state index contributed by atoms with van der Waals surface area (Å²) < 4.78 is 5.53. The maximum atomic E-state index is 13.1. The number of methoxy groups -OCH3 is 1. The summed E-state index contributed by atoms with van der Waals surface area (Å²) in [5, 5.41) is 19.3. The molecule has 0 aliphatic heterocycles. The lowest BCUT2D eigenvalue weighted by Crippen LogP contribution is -2.40. The normalized spacial score (nSPS) is 12.2. The van der Waals surface area contributed by atoms with Crippen LogP contribution in [0.5, 0.6) is 5.75 Å². The summed E-state index contributed by atoms with van der Waals surface area (Å²) in [6.45, 7) is 9.93. The van der Waals surface area contributed by atoms with Gasteiger partial charge in [-0.2, -0.15) is 5.10 Å². The van der Waals surface area contributed by atoms with Gasteiger partial charge in [0.05, 0.1) is 12.8 Å². The van der Waals surface area contributed by atoms with Crippen molar-refractivity contribution in [1.29, 1.82) is 0 Å². The van der Waals surface area contributed by atoms with Gasteiger partial charge in [0, 0.05) is 42.3 Å². The number of likely N-dealkylation sites (N-methyl/N-ethyl adjacent to an activating group) is 2. The summed E-state index contributed by atoms with van der Waals surface area (Å²) in [7, 11) is 1.64. The number of carbonyl (C=O) groups excluding carboxylic acids is 1. The topological polar surface area (TPSA) is 94.6 Å². The van der Waals surface area contributed by atoms with Crippen molar-refractivity contribution in [3.05, 3.63) is 66.4 Å². The van der Waals surface area contributed by atoms with Gasteiger partial charge in [0.2, 0.25) is 0 Å². The molecular formula is C29H35N5O3. The number of nitrogens with one attached hydrogen (secondary N) is 1. The van der Waals surface area contributed by atoms with Gasteiger partial charge in [-0.3, -0.25) is 9.89 Å². The Bertz CT molecular complexity index is 1350.